The highest BCUT2D eigenvalue weighted by Crippen LogP contribution is 2.46. The van der Waals surface area contributed by atoms with Gasteiger partial charge in [0.1, 0.15) is 5.70 Å². The van der Waals surface area contributed by atoms with E-state index in [0.29, 0.717) is 4.90 Å². The molecule has 3 rings (SSSR count). The monoisotopic (exact) mass is 497 g/mol. The summed E-state index contributed by atoms with van der Waals surface area (Å²) in [6.45, 7) is 6.10. The quantitative estimate of drug-likeness (QED) is 0.238. The zero-order valence-corrected chi connectivity index (χ0v) is 21.4. The summed E-state index contributed by atoms with van der Waals surface area (Å²) < 4.78 is 21.8. The number of hydrogen-bond acceptors (Lipinski definition) is 8. The number of Topliss-reactive ketones (excluding diaryl/α,β-unsaturated/α-hetero) is 1. The summed E-state index contributed by atoms with van der Waals surface area (Å²) in [4.78, 5) is 52.1. The smallest absolute Gasteiger partial charge is 0.423 e. The van der Waals surface area contributed by atoms with Crippen LogP contribution in [-0.4, -0.2) is 63.1 Å². The van der Waals surface area contributed by atoms with Crippen LogP contribution in [0.5, 0.6) is 0 Å². The highest BCUT2D eigenvalue weighted by Gasteiger charge is 2.54. The van der Waals surface area contributed by atoms with Crippen molar-refractivity contribution in [2.24, 2.45) is 0 Å². The molecule has 0 aromatic rings. The number of esters is 1. The molecule has 4 bridgehead atoms. The molecule has 3 aliphatic rings. The number of amides is 2. The molecule has 9 nitrogen and oxygen atoms in total. The second-order valence-electron chi connectivity index (χ2n) is 8.08. The van der Waals surface area contributed by atoms with Gasteiger partial charge in [-0.15, -0.1) is 0 Å². The van der Waals surface area contributed by atoms with Crippen molar-refractivity contribution in [3.05, 3.63) is 35.1 Å². The second kappa shape index (κ2) is 10.3. The maximum atomic E-state index is 13.7. The summed E-state index contributed by atoms with van der Waals surface area (Å²) in [6.07, 6.45) is 0.360. The van der Waals surface area contributed by atoms with Crippen LogP contribution in [-0.2, 0) is 28.2 Å². The van der Waals surface area contributed by atoms with E-state index in [2.05, 4.69) is 23.7 Å². The van der Waals surface area contributed by atoms with E-state index in [4.69, 9.17) is 18.6 Å². The summed E-state index contributed by atoms with van der Waals surface area (Å²) in [7, 11) is -0.269. The number of carbonyl (C=O) groups is 4. The van der Waals surface area contributed by atoms with Crippen molar-refractivity contribution in [3.63, 3.8) is 0 Å². The van der Waals surface area contributed by atoms with Crippen LogP contribution in [0.25, 0.3) is 0 Å². The fraction of sp³-hybridized carbons (Fsp3) is 0.440. The first-order valence-corrected chi connectivity index (χ1v) is 13.8. The van der Waals surface area contributed by atoms with Crippen LogP contribution >= 0.6 is 0 Å². The maximum Gasteiger partial charge on any atom is 0.423 e. The second-order valence-corrected chi connectivity index (χ2v) is 12.8. The van der Waals surface area contributed by atoms with E-state index in [1.807, 2.05) is 20.8 Å². The molecule has 184 valence electrons. The molecule has 0 saturated carbocycles. The standard InChI is InChI=1S/C25H27NO8Si/c1-6-35(7-2,8-3)34-25-14-12-10-9-11-13-19-21(17(25)15-20(28)33-19)22(18(27)16-25)26(23(29)31-4)24(30)32-5/h9-10,15,19H,6-8,16H2,1-5H3/b10-9-/t19-,25-/m0/s1. The number of allylic oxidation sites excluding steroid dienone is 3. The molecule has 1 heterocycles. The lowest BCUT2D eigenvalue weighted by Gasteiger charge is -2.45. The van der Waals surface area contributed by atoms with E-state index in [0.717, 1.165) is 32.4 Å². The van der Waals surface area contributed by atoms with Crippen molar-refractivity contribution in [2.75, 3.05) is 14.2 Å². The Balaban J connectivity index is 2.42. The third-order valence-electron chi connectivity index (χ3n) is 6.41. The van der Waals surface area contributed by atoms with Gasteiger partial charge in [-0.2, -0.15) is 4.90 Å². The molecule has 10 heteroatoms. The molecule has 0 radical (unpaired) electrons. The molecule has 2 aliphatic carbocycles. The minimum atomic E-state index is -2.40. The number of nitrogens with zero attached hydrogens (tertiary/aromatic N) is 1. The van der Waals surface area contributed by atoms with Crippen LogP contribution in [0.2, 0.25) is 18.1 Å². The van der Waals surface area contributed by atoms with Gasteiger partial charge in [-0.3, -0.25) is 4.79 Å². The van der Waals surface area contributed by atoms with Gasteiger partial charge in [0.15, 0.2) is 25.8 Å². The summed E-state index contributed by atoms with van der Waals surface area (Å²) in [5, 5.41) is 0. The van der Waals surface area contributed by atoms with E-state index in [-0.39, 0.29) is 23.3 Å². The van der Waals surface area contributed by atoms with Gasteiger partial charge in [-0.25, -0.2) is 14.4 Å². The molecule has 2 amide bonds. The molecule has 2 atom stereocenters. The molecule has 0 fully saturated rings. The van der Waals surface area contributed by atoms with Crippen molar-refractivity contribution in [1.29, 1.82) is 0 Å². The summed E-state index contributed by atoms with van der Waals surface area (Å²) in [6, 6.07) is 2.28. The Morgan fingerprint density at radius 3 is 2.26 bits per heavy atom. The van der Waals surface area contributed by atoms with Gasteiger partial charge >= 0.3 is 18.2 Å². The van der Waals surface area contributed by atoms with Crippen LogP contribution in [0.3, 0.4) is 0 Å². The van der Waals surface area contributed by atoms with Crippen molar-refractivity contribution in [1.82, 2.24) is 4.90 Å². The Labute approximate surface area is 205 Å². The van der Waals surface area contributed by atoms with Gasteiger partial charge in [0.05, 0.1) is 20.6 Å². The van der Waals surface area contributed by atoms with Crippen LogP contribution in [0, 0.1) is 23.7 Å². The number of ketones is 1. The van der Waals surface area contributed by atoms with Crippen molar-refractivity contribution in [2.45, 2.75) is 57.0 Å². The molecular formula is C25H27NO8Si. The van der Waals surface area contributed by atoms with E-state index >= 15 is 0 Å². The molecule has 0 N–H and O–H groups in total. The first-order valence-electron chi connectivity index (χ1n) is 11.3. The number of ether oxygens (including phenoxy) is 3. The molecule has 0 aromatic carbocycles. The number of carbonyl (C=O) groups excluding carboxylic acids is 4. The van der Waals surface area contributed by atoms with Gasteiger partial charge in [0.2, 0.25) is 0 Å². The third-order valence-corrected chi connectivity index (χ3v) is 11.1. The average molecular weight is 498 g/mol. The molecule has 0 aromatic heterocycles. The summed E-state index contributed by atoms with van der Waals surface area (Å²) in [5.74, 6) is 10.1. The van der Waals surface area contributed by atoms with Gasteiger partial charge in [-0.1, -0.05) is 38.5 Å². The van der Waals surface area contributed by atoms with E-state index < -0.39 is 44.0 Å². The molecule has 0 unspecified atom stereocenters. The summed E-state index contributed by atoms with van der Waals surface area (Å²) >= 11 is 0. The molecule has 35 heavy (non-hydrogen) atoms. The first kappa shape index (κ1) is 26.0. The fourth-order valence-corrected chi connectivity index (χ4v) is 7.31. The topological polar surface area (TPSA) is 108 Å². The molecule has 1 aliphatic heterocycles. The number of hydrogen-bond donors (Lipinski definition) is 0. The van der Waals surface area contributed by atoms with Crippen LogP contribution < -0.4 is 0 Å². The third kappa shape index (κ3) is 4.68. The number of imide groups is 1. The minimum Gasteiger partial charge on any atom is -0.452 e. The first-order chi connectivity index (χ1) is 16.7. The summed E-state index contributed by atoms with van der Waals surface area (Å²) in [5.41, 5.74) is -1.53. The van der Waals surface area contributed by atoms with Crippen LogP contribution in [0.4, 0.5) is 9.59 Å². The van der Waals surface area contributed by atoms with E-state index in [1.54, 1.807) is 0 Å². The van der Waals surface area contributed by atoms with Gasteiger partial charge < -0.3 is 18.6 Å². The zero-order valence-electron chi connectivity index (χ0n) is 20.4. The lowest BCUT2D eigenvalue weighted by atomic mass is 9.74. The Morgan fingerprint density at radius 2 is 1.69 bits per heavy atom. The number of rotatable bonds is 6. The highest BCUT2D eigenvalue weighted by atomic mass is 28.4. The van der Waals surface area contributed by atoms with Gasteiger partial charge in [0, 0.05) is 17.2 Å². The molecule has 0 spiro atoms. The predicted molar refractivity (Wildman–Crippen MR) is 127 cm³/mol. The van der Waals surface area contributed by atoms with Crippen LogP contribution in [0.15, 0.2) is 35.1 Å². The van der Waals surface area contributed by atoms with Gasteiger partial charge in [0.25, 0.3) is 0 Å². The Hall–Kier alpha value is -3.60. The Bertz CT molecular complexity index is 1150. The predicted octanol–water partition coefficient (Wildman–Crippen LogP) is 3.24. The molecule has 0 saturated heterocycles. The lowest BCUT2D eigenvalue weighted by molar-refractivity contribution is -0.140. The Kier molecular flexibility index (Phi) is 7.69. The normalized spacial score (nSPS) is 23.5. The Morgan fingerprint density at radius 1 is 1.09 bits per heavy atom. The lowest BCUT2D eigenvalue weighted by Crippen LogP contribution is -2.55. The van der Waals surface area contributed by atoms with Gasteiger partial charge in [-0.05, 0) is 36.2 Å². The van der Waals surface area contributed by atoms with Crippen LogP contribution in [0.1, 0.15) is 27.2 Å². The zero-order chi connectivity index (χ0) is 25.8. The van der Waals surface area contributed by atoms with Crippen molar-refractivity contribution < 1.29 is 37.8 Å². The minimum absolute atomic E-state index is 0.0555. The largest absolute Gasteiger partial charge is 0.452 e. The molecular weight excluding hydrogens is 470 g/mol. The van der Waals surface area contributed by atoms with E-state index in [9.17, 15) is 19.2 Å². The van der Waals surface area contributed by atoms with Crippen molar-refractivity contribution in [3.8, 4) is 23.7 Å². The number of methoxy groups -OCH3 is 2. The van der Waals surface area contributed by atoms with Crippen molar-refractivity contribution >= 4 is 32.3 Å². The fourth-order valence-electron chi connectivity index (χ4n) is 4.40. The highest BCUT2D eigenvalue weighted by molar-refractivity contribution is 6.73. The SMILES string of the molecule is CC[Si](CC)(CC)O[C@]12C#C/C=C\C#C[C@@H]3OC(=O)C=C1C3=C(N(C(=O)OC)C(=O)OC)C(=O)C2. The maximum absolute atomic E-state index is 13.7. The average Bonchev–Trinajstić information content (AvgIpc) is 2.85. The van der Waals surface area contributed by atoms with E-state index in [1.165, 1.54) is 18.2 Å².